The molecule has 2 heterocycles. The molecule has 1 aliphatic rings. The lowest BCUT2D eigenvalue weighted by Gasteiger charge is -2.10. The monoisotopic (exact) mass is 294 g/mol. The second-order valence-corrected chi connectivity index (χ2v) is 5.30. The van der Waals surface area contributed by atoms with Crippen LogP contribution in [-0.4, -0.2) is 43.2 Å². The Morgan fingerprint density at radius 1 is 1.43 bits per heavy atom. The minimum absolute atomic E-state index is 0.205. The second kappa shape index (κ2) is 6.76. The molecule has 0 spiro atoms. The van der Waals surface area contributed by atoms with Crippen molar-refractivity contribution in [2.75, 3.05) is 20.3 Å². The van der Waals surface area contributed by atoms with Crippen LogP contribution < -0.4 is 5.32 Å². The number of hydrogen-bond donors (Lipinski definition) is 2. The van der Waals surface area contributed by atoms with Crippen molar-refractivity contribution in [3.05, 3.63) is 22.5 Å². The van der Waals surface area contributed by atoms with Gasteiger partial charge in [-0.05, 0) is 38.7 Å². The fraction of sp³-hybridized carbons (Fsp3) is 0.600. The minimum Gasteiger partial charge on any atom is -0.465 e. The average Bonchev–Trinajstić information content (AvgIpc) is 3.06. The number of nitrogens with one attached hydrogen (secondary N) is 2. The Balaban J connectivity index is 1.97. The summed E-state index contributed by atoms with van der Waals surface area (Å²) in [4.78, 5) is 26.8. The van der Waals surface area contributed by atoms with E-state index in [2.05, 4.69) is 10.3 Å². The Kier molecular flexibility index (Phi) is 5.01. The molecule has 0 aliphatic carbocycles. The van der Waals surface area contributed by atoms with Crippen molar-refractivity contribution in [3.8, 4) is 0 Å². The van der Waals surface area contributed by atoms with Gasteiger partial charge < -0.3 is 19.8 Å². The fourth-order valence-corrected chi connectivity index (χ4v) is 2.69. The van der Waals surface area contributed by atoms with Crippen LogP contribution in [0.4, 0.5) is 0 Å². The van der Waals surface area contributed by atoms with Gasteiger partial charge in [0.05, 0.1) is 18.8 Å². The molecule has 6 heteroatoms. The van der Waals surface area contributed by atoms with Crippen molar-refractivity contribution in [3.63, 3.8) is 0 Å². The van der Waals surface area contributed by atoms with E-state index >= 15 is 0 Å². The third-order valence-electron chi connectivity index (χ3n) is 3.83. The molecule has 1 fully saturated rings. The van der Waals surface area contributed by atoms with Crippen LogP contribution in [0.5, 0.6) is 0 Å². The third kappa shape index (κ3) is 3.44. The Morgan fingerprint density at radius 3 is 2.81 bits per heavy atom. The number of H-pyrrole nitrogens is 1. The number of aryl methyl sites for hydroxylation is 1. The van der Waals surface area contributed by atoms with Gasteiger partial charge in [-0.2, -0.15) is 0 Å². The van der Waals surface area contributed by atoms with Crippen LogP contribution in [0.2, 0.25) is 0 Å². The highest BCUT2D eigenvalue weighted by Gasteiger charge is 2.22. The molecule has 1 atom stereocenters. The van der Waals surface area contributed by atoms with Gasteiger partial charge in [0.15, 0.2) is 0 Å². The number of hydrogen-bond acceptors (Lipinski definition) is 4. The third-order valence-corrected chi connectivity index (χ3v) is 3.83. The predicted molar refractivity (Wildman–Crippen MR) is 77.5 cm³/mol. The predicted octanol–water partition coefficient (Wildman–Crippen LogP) is 1.72. The molecule has 116 valence electrons. The normalized spacial score (nSPS) is 17.8. The molecule has 21 heavy (non-hydrogen) atoms. The summed E-state index contributed by atoms with van der Waals surface area (Å²) in [5.41, 5.74) is 2.11. The molecule has 0 radical (unpaired) electrons. The van der Waals surface area contributed by atoms with E-state index in [1.54, 1.807) is 13.8 Å². The number of amides is 1. The van der Waals surface area contributed by atoms with Crippen LogP contribution in [-0.2, 0) is 9.47 Å². The molecule has 2 N–H and O–H groups in total. The highest BCUT2D eigenvalue weighted by Crippen LogP contribution is 2.19. The van der Waals surface area contributed by atoms with Gasteiger partial charge in [-0.15, -0.1) is 0 Å². The molecule has 6 nitrogen and oxygen atoms in total. The van der Waals surface area contributed by atoms with Gasteiger partial charge in [0, 0.05) is 18.8 Å². The lowest BCUT2D eigenvalue weighted by atomic mass is 10.1. The van der Waals surface area contributed by atoms with Gasteiger partial charge in [-0.1, -0.05) is 0 Å². The first-order valence-corrected chi connectivity index (χ1v) is 7.22. The van der Waals surface area contributed by atoms with Crippen LogP contribution in [0.1, 0.15) is 51.4 Å². The second-order valence-electron chi connectivity index (χ2n) is 5.30. The van der Waals surface area contributed by atoms with E-state index in [-0.39, 0.29) is 12.0 Å². The van der Waals surface area contributed by atoms with Gasteiger partial charge >= 0.3 is 5.97 Å². The number of rotatable bonds is 5. The SMILES string of the molecule is COC(=O)c1c(C)[nH]c(C(=O)NCC[C@@H]2CCCO2)c1C. The number of aromatic amines is 1. The molecule has 0 unspecified atom stereocenters. The Morgan fingerprint density at radius 2 is 2.19 bits per heavy atom. The maximum Gasteiger partial charge on any atom is 0.339 e. The van der Waals surface area contributed by atoms with Crippen LogP contribution in [0.3, 0.4) is 0 Å². The Labute approximate surface area is 124 Å². The van der Waals surface area contributed by atoms with Crippen molar-refractivity contribution < 1.29 is 19.1 Å². The van der Waals surface area contributed by atoms with Crippen molar-refractivity contribution in [2.45, 2.75) is 39.2 Å². The number of esters is 1. The molecule has 0 bridgehead atoms. The summed E-state index contributed by atoms with van der Waals surface area (Å²) < 4.78 is 10.2. The number of methoxy groups -OCH3 is 1. The van der Waals surface area contributed by atoms with Gasteiger partial charge in [-0.3, -0.25) is 4.79 Å². The zero-order valence-electron chi connectivity index (χ0n) is 12.7. The van der Waals surface area contributed by atoms with Crippen LogP contribution in [0, 0.1) is 13.8 Å². The zero-order chi connectivity index (χ0) is 15.4. The van der Waals surface area contributed by atoms with Crippen molar-refractivity contribution in [2.24, 2.45) is 0 Å². The van der Waals surface area contributed by atoms with Gasteiger partial charge in [0.25, 0.3) is 5.91 Å². The fourth-order valence-electron chi connectivity index (χ4n) is 2.69. The summed E-state index contributed by atoms with van der Waals surface area (Å²) in [5.74, 6) is -0.636. The molecule has 1 saturated heterocycles. The van der Waals surface area contributed by atoms with E-state index in [9.17, 15) is 9.59 Å². The number of ether oxygens (including phenoxy) is 2. The van der Waals surface area contributed by atoms with Gasteiger partial charge in [0.2, 0.25) is 0 Å². The van der Waals surface area contributed by atoms with Crippen LogP contribution >= 0.6 is 0 Å². The quantitative estimate of drug-likeness (QED) is 0.810. The lowest BCUT2D eigenvalue weighted by molar-refractivity contribution is 0.0599. The molecule has 1 amide bonds. The molecule has 1 aliphatic heterocycles. The summed E-state index contributed by atoms with van der Waals surface area (Å²) in [5, 5.41) is 2.86. The highest BCUT2D eigenvalue weighted by molar-refractivity contribution is 6.00. The summed E-state index contributed by atoms with van der Waals surface area (Å²) in [6.07, 6.45) is 3.22. The maximum atomic E-state index is 12.2. The van der Waals surface area contributed by atoms with Gasteiger partial charge in [-0.25, -0.2) is 4.79 Å². The molecule has 1 aromatic heterocycles. The number of carbonyl (C=O) groups excluding carboxylic acids is 2. The topological polar surface area (TPSA) is 80.4 Å². The van der Waals surface area contributed by atoms with E-state index < -0.39 is 5.97 Å². The summed E-state index contributed by atoms with van der Waals surface area (Å²) in [6, 6.07) is 0. The minimum atomic E-state index is -0.431. The first kappa shape index (κ1) is 15.6. The molecular weight excluding hydrogens is 272 g/mol. The van der Waals surface area contributed by atoms with E-state index in [4.69, 9.17) is 9.47 Å². The largest absolute Gasteiger partial charge is 0.465 e. The number of aromatic nitrogens is 1. The first-order valence-electron chi connectivity index (χ1n) is 7.22. The smallest absolute Gasteiger partial charge is 0.339 e. The van der Waals surface area contributed by atoms with Crippen LogP contribution in [0.15, 0.2) is 0 Å². The Bertz CT molecular complexity index is 530. The van der Waals surface area contributed by atoms with E-state index in [0.29, 0.717) is 29.1 Å². The molecule has 2 rings (SSSR count). The Hall–Kier alpha value is -1.82. The zero-order valence-corrected chi connectivity index (χ0v) is 12.7. The highest BCUT2D eigenvalue weighted by atomic mass is 16.5. The van der Waals surface area contributed by atoms with E-state index in [0.717, 1.165) is 25.9 Å². The van der Waals surface area contributed by atoms with Gasteiger partial charge in [0.1, 0.15) is 5.69 Å². The van der Waals surface area contributed by atoms with Crippen molar-refractivity contribution >= 4 is 11.9 Å². The summed E-state index contributed by atoms with van der Waals surface area (Å²) >= 11 is 0. The molecule has 0 saturated carbocycles. The van der Waals surface area contributed by atoms with Crippen LogP contribution in [0.25, 0.3) is 0 Å². The van der Waals surface area contributed by atoms with E-state index in [1.165, 1.54) is 7.11 Å². The lowest BCUT2D eigenvalue weighted by Crippen LogP contribution is -2.27. The van der Waals surface area contributed by atoms with Crippen molar-refractivity contribution in [1.29, 1.82) is 0 Å². The van der Waals surface area contributed by atoms with Crippen molar-refractivity contribution in [1.82, 2.24) is 10.3 Å². The summed E-state index contributed by atoms with van der Waals surface area (Å²) in [7, 11) is 1.33. The molecular formula is C15H22N2O4. The standard InChI is InChI=1S/C15H22N2O4/c1-9-12(15(19)20-3)10(2)17-13(9)14(18)16-7-6-11-5-4-8-21-11/h11,17H,4-8H2,1-3H3,(H,16,18)/t11-/m0/s1. The maximum absolute atomic E-state index is 12.2. The number of carbonyl (C=O) groups is 2. The van der Waals surface area contributed by atoms with E-state index in [1.807, 2.05) is 0 Å². The first-order chi connectivity index (χ1) is 10.0. The average molecular weight is 294 g/mol. The molecule has 0 aromatic carbocycles. The molecule has 1 aromatic rings. The summed E-state index contributed by atoms with van der Waals surface area (Å²) in [6.45, 7) is 4.87.